The number of likely N-dealkylation sites (N-methyl/N-ethyl adjacent to an activating group) is 1. The standard InChI is InChI=1S/C22H34N4O5/c1-17(2)18(16-27)23(3)10-4-6-19(28)24-12-14-25(15-13-24)20(29)7-5-11-26-21(30)8-9-22(26)31/h8-9,16-18H,4-7,10-15H2,1-3H3/q+1/t18-/m1/s1. The highest BCUT2D eigenvalue weighted by Crippen LogP contribution is 2.11. The van der Waals surface area contributed by atoms with E-state index in [4.69, 9.17) is 0 Å². The molecular formula is C22H34N4O5+. The van der Waals surface area contributed by atoms with E-state index in [9.17, 15) is 24.0 Å². The van der Waals surface area contributed by atoms with Gasteiger partial charge in [-0.1, -0.05) is 13.8 Å². The van der Waals surface area contributed by atoms with Crippen molar-refractivity contribution in [3.63, 3.8) is 0 Å². The summed E-state index contributed by atoms with van der Waals surface area (Å²) in [4.78, 5) is 65.7. The van der Waals surface area contributed by atoms with Crippen molar-refractivity contribution in [3.8, 4) is 0 Å². The molecule has 9 heteroatoms. The molecule has 2 aliphatic rings. The Labute approximate surface area is 184 Å². The molecule has 0 aromatic carbocycles. The highest BCUT2D eigenvalue weighted by Gasteiger charge is 2.28. The van der Waals surface area contributed by atoms with Crippen LogP contribution in [0.15, 0.2) is 12.2 Å². The van der Waals surface area contributed by atoms with Crippen LogP contribution in [-0.4, -0.2) is 97.0 Å². The van der Waals surface area contributed by atoms with E-state index < -0.39 is 0 Å². The summed E-state index contributed by atoms with van der Waals surface area (Å²) >= 11 is 0. The molecule has 2 aliphatic heterocycles. The minimum Gasteiger partial charge on any atom is -0.339 e. The van der Waals surface area contributed by atoms with Gasteiger partial charge < -0.3 is 9.80 Å². The Bertz CT molecular complexity index is 695. The summed E-state index contributed by atoms with van der Waals surface area (Å²) in [5.74, 6) is -0.374. The molecule has 31 heavy (non-hydrogen) atoms. The summed E-state index contributed by atoms with van der Waals surface area (Å²) in [6.45, 7) is 6.94. The lowest BCUT2D eigenvalue weighted by atomic mass is 10.0. The first-order valence-electron chi connectivity index (χ1n) is 11.0. The minimum absolute atomic E-state index is 0.0191. The largest absolute Gasteiger partial charge is 0.339 e. The van der Waals surface area contributed by atoms with Crippen molar-refractivity contribution in [2.75, 3.05) is 46.3 Å². The maximum absolute atomic E-state index is 12.5. The Kier molecular flexibility index (Phi) is 9.36. The summed E-state index contributed by atoms with van der Waals surface area (Å²) in [6, 6.07) is -0.136. The second-order valence-corrected chi connectivity index (χ2v) is 8.48. The van der Waals surface area contributed by atoms with E-state index in [2.05, 4.69) is 0 Å². The van der Waals surface area contributed by atoms with Crippen molar-refractivity contribution in [1.29, 1.82) is 0 Å². The smallest absolute Gasteiger partial charge is 0.253 e. The van der Waals surface area contributed by atoms with Gasteiger partial charge >= 0.3 is 0 Å². The third-order valence-electron chi connectivity index (χ3n) is 5.89. The van der Waals surface area contributed by atoms with E-state index >= 15 is 0 Å². The Morgan fingerprint density at radius 3 is 1.90 bits per heavy atom. The van der Waals surface area contributed by atoms with Gasteiger partial charge in [-0.25, -0.2) is 0 Å². The van der Waals surface area contributed by atoms with Crippen molar-refractivity contribution in [2.45, 2.75) is 45.6 Å². The Morgan fingerprint density at radius 1 is 0.968 bits per heavy atom. The lowest BCUT2D eigenvalue weighted by Gasteiger charge is -2.35. The van der Waals surface area contributed by atoms with Crippen molar-refractivity contribution < 1.29 is 24.0 Å². The second kappa shape index (κ2) is 11.7. The number of piperazine rings is 1. The highest BCUT2D eigenvalue weighted by molar-refractivity contribution is 6.12. The van der Waals surface area contributed by atoms with Crippen LogP contribution < -0.4 is 4.90 Å². The summed E-state index contributed by atoms with van der Waals surface area (Å²) < 4.78 is 0. The van der Waals surface area contributed by atoms with E-state index in [0.29, 0.717) is 52.0 Å². The van der Waals surface area contributed by atoms with Crippen molar-refractivity contribution in [1.82, 2.24) is 19.6 Å². The molecule has 1 fully saturated rings. The molecule has 2 heterocycles. The van der Waals surface area contributed by atoms with Gasteiger partial charge in [0.25, 0.3) is 11.8 Å². The molecule has 2 rings (SSSR count). The van der Waals surface area contributed by atoms with E-state index in [-0.39, 0.29) is 48.6 Å². The van der Waals surface area contributed by atoms with Gasteiger partial charge in [-0.15, -0.1) is 0 Å². The molecule has 4 amide bonds. The van der Waals surface area contributed by atoms with Crippen LogP contribution in [0.3, 0.4) is 0 Å². The van der Waals surface area contributed by atoms with Crippen molar-refractivity contribution in [2.24, 2.45) is 5.92 Å². The van der Waals surface area contributed by atoms with Gasteiger partial charge in [-0.3, -0.25) is 28.9 Å². The van der Waals surface area contributed by atoms with E-state index in [1.54, 1.807) is 9.80 Å². The Morgan fingerprint density at radius 2 is 1.45 bits per heavy atom. The molecule has 1 atom stereocenters. The van der Waals surface area contributed by atoms with Crippen LogP contribution in [0.2, 0.25) is 0 Å². The molecule has 9 nitrogen and oxygen atoms in total. The zero-order chi connectivity index (χ0) is 23.0. The van der Waals surface area contributed by atoms with Crippen molar-refractivity contribution >= 4 is 29.9 Å². The van der Waals surface area contributed by atoms with Crippen molar-refractivity contribution in [3.05, 3.63) is 12.2 Å². The first-order chi connectivity index (χ1) is 14.7. The fourth-order valence-corrected chi connectivity index (χ4v) is 3.96. The predicted molar refractivity (Wildman–Crippen MR) is 115 cm³/mol. The Hall–Kier alpha value is -2.55. The molecule has 0 aliphatic carbocycles. The summed E-state index contributed by atoms with van der Waals surface area (Å²) in [5, 5.41) is 0. The lowest BCUT2D eigenvalue weighted by Crippen LogP contribution is -2.50. The maximum atomic E-state index is 12.5. The quantitative estimate of drug-likeness (QED) is 0.262. The molecule has 0 unspecified atom stereocenters. The summed E-state index contributed by atoms with van der Waals surface area (Å²) in [6.07, 6.45) is 5.25. The molecule has 0 spiro atoms. The van der Waals surface area contributed by atoms with E-state index in [1.165, 1.54) is 12.2 Å². The van der Waals surface area contributed by atoms with Gasteiger partial charge in [0.15, 0.2) is 12.3 Å². The van der Waals surface area contributed by atoms with Gasteiger partial charge in [-0.05, 0) is 6.42 Å². The van der Waals surface area contributed by atoms with Gasteiger partial charge in [-0.2, -0.15) is 4.90 Å². The molecule has 171 valence electrons. The molecule has 0 bridgehead atoms. The number of nitrogens with zero attached hydrogens (tertiary/aromatic N) is 4. The molecule has 1 saturated heterocycles. The number of rotatable bonds is 11. The van der Waals surface area contributed by atoms with Gasteiger partial charge in [0.1, 0.15) is 13.6 Å². The van der Waals surface area contributed by atoms with Crippen LogP contribution in [0.5, 0.6) is 0 Å². The molecule has 0 saturated carbocycles. The topological polar surface area (TPSA) is 101 Å². The third kappa shape index (κ3) is 6.99. The molecule has 0 aromatic rings. The summed E-state index contributed by atoms with van der Waals surface area (Å²) in [5.41, 5.74) is 0. The predicted octanol–water partition coefficient (Wildman–Crippen LogP) is 0.136. The molecular weight excluding hydrogens is 400 g/mol. The van der Waals surface area contributed by atoms with Gasteiger partial charge in [0, 0.05) is 70.1 Å². The fraction of sp³-hybridized carbons (Fsp3) is 0.682. The zero-order valence-corrected chi connectivity index (χ0v) is 18.8. The first kappa shape index (κ1) is 24.7. The average Bonchev–Trinajstić information content (AvgIpc) is 3.06. The molecule has 0 aromatic heterocycles. The number of hydrogen-bond acceptors (Lipinski definition) is 6. The monoisotopic (exact) mass is 434 g/mol. The zero-order valence-electron chi connectivity index (χ0n) is 18.8. The third-order valence-corrected chi connectivity index (χ3v) is 5.89. The van der Waals surface area contributed by atoms with Crippen LogP contribution in [0, 0.1) is 5.92 Å². The normalized spacial score (nSPS) is 17.8. The number of amides is 4. The average molecular weight is 435 g/mol. The molecule has 1 radical (unpaired) electrons. The second-order valence-electron chi connectivity index (χ2n) is 8.48. The number of hydrogen-bond donors (Lipinski definition) is 0. The molecule has 0 N–H and O–H groups in total. The Balaban J connectivity index is 1.64. The van der Waals surface area contributed by atoms with E-state index in [0.717, 1.165) is 11.2 Å². The van der Waals surface area contributed by atoms with Crippen LogP contribution in [-0.2, 0) is 24.0 Å². The fourth-order valence-electron chi connectivity index (χ4n) is 3.96. The first-order valence-corrected chi connectivity index (χ1v) is 11.0. The highest BCUT2D eigenvalue weighted by atomic mass is 16.2. The van der Waals surface area contributed by atoms with Gasteiger partial charge in [0.2, 0.25) is 11.8 Å². The number of carbonyl (C=O) groups excluding carboxylic acids is 5. The lowest BCUT2D eigenvalue weighted by molar-refractivity contribution is -0.140. The van der Waals surface area contributed by atoms with Crippen LogP contribution in [0.25, 0.3) is 0 Å². The van der Waals surface area contributed by atoms with E-state index in [1.807, 2.05) is 25.8 Å². The minimum atomic E-state index is -0.332. The number of imide groups is 1. The number of aldehydes is 1. The van der Waals surface area contributed by atoms with Crippen LogP contribution >= 0.6 is 0 Å². The SMILES string of the molecule is CC(C)[C@@H](C=O)[N+](C)CCCC(=O)N1CCN(C(=O)CCCN2C(=O)C=CC2=O)CC1. The van der Waals surface area contributed by atoms with Gasteiger partial charge in [0.05, 0.1) is 0 Å². The maximum Gasteiger partial charge on any atom is 0.253 e. The van der Waals surface area contributed by atoms with Crippen LogP contribution in [0.4, 0.5) is 0 Å². The summed E-state index contributed by atoms with van der Waals surface area (Å²) in [7, 11) is 1.90. The van der Waals surface area contributed by atoms with Crippen LogP contribution in [0.1, 0.15) is 39.5 Å². The number of carbonyl (C=O) groups is 5.